The Labute approximate surface area is 118 Å². The van der Waals surface area contributed by atoms with Gasteiger partial charge in [0.1, 0.15) is 17.1 Å². The minimum Gasteiger partial charge on any atom is -0.497 e. The summed E-state index contributed by atoms with van der Waals surface area (Å²) < 4.78 is 39.3. The van der Waals surface area contributed by atoms with Crippen LogP contribution in [0.1, 0.15) is 20.8 Å². The molecule has 0 aliphatic carbocycles. The molecule has 0 atom stereocenters. The van der Waals surface area contributed by atoms with Crippen molar-refractivity contribution in [3.8, 4) is 11.5 Å². The number of amides is 1. The van der Waals surface area contributed by atoms with Gasteiger partial charge in [-0.2, -0.15) is 13.1 Å². The molecule has 1 rings (SSSR count). The maximum absolute atomic E-state index is 11.6. The lowest BCUT2D eigenvalue weighted by Crippen LogP contribution is -2.38. The second-order valence-corrected chi connectivity index (χ2v) is 6.10. The zero-order valence-electron chi connectivity index (χ0n) is 11.7. The third-order valence-corrected chi connectivity index (χ3v) is 2.70. The number of rotatable bonds is 4. The molecule has 0 spiro atoms. The van der Waals surface area contributed by atoms with Gasteiger partial charge in [0.05, 0.1) is 7.11 Å². The number of hydrogen-bond acceptors (Lipinski definition) is 6. The van der Waals surface area contributed by atoms with Crippen LogP contribution in [0.2, 0.25) is 0 Å². The van der Waals surface area contributed by atoms with E-state index in [9.17, 15) is 13.2 Å². The van der Waals surface area contributed by atoms with Crippen LogP contribution in [0.15, 0.2) is 24.3 Å². The number of benzene rings is 1. The summed E-state index contributed by atoms with van der Waals surface area (Å²) in [5.74, 6) is 0.594. The van der Waals surface area contributed by atoms with Gasteiger partial charge in [-0.1, -0.05) is 0 Å². The van der Waals surface area contributed by atoms with E-state index < -0.39 is 22.0 Å². The molecule has 0 aromatic heterocycles. The van der Waals surface area contributed by atoms with Crippen LogP contribution in [-0.2, 0) is 15.0 Å². The summed E-state index contributed by atoms with van der Waals surface area (Å²) in [5.41, 5.74) is -0.806. The first-order valence-electron chi connectivity index (χ1n) is 5.70. The Morgan fingerprint density at radius 2 is 1.60 bits per heavy atom. The van der Waals surface area contributed by atoms with Crippen LogP contribution in [0.25, 0.3) is 0 Å². The predicted molar refractivity (Wildman–Crippen MR) is 71.9 cm³/mol. The molecule has 1 N–H and O–H groups in total. The Morgan fingerprint density at radius 3 is 2.05 bits per heavy atom. The lowest BCUT2D eigenvalue weighted by molar-refractivity contribution is 0.0567. The van der Waals surface area contributed by atoms with E-state index in [4.69, 9.17) is 13.7 Å². The van der Waals surface area contributed by atoms with Crippen molar-refractivity contribution >= 4 is 16.4 Å². The molecule has 0 bridgehead atoms. The molecular weight excluding hydrogens is 286 g/mol. The molecule has 0 saturated carbocycles. The summed E-state index contributed by atoms with van der Waals surface area (Å²) in [7, 11) is -2.81. The van der Waals surface area contributed by atoms with E-state index >= 15 is 0 Å². The average Bonchev–Trinajstić information content (AvgIpc) is 2.25. The Balaban J connectivity index is 2.67. The van der Waals surface area contributed by atoms with Crippen LogP contribution in [0.3, 0.4) is 0 Å². The molecule has 0 aliphatic heterocycles. The minimum absolute atomic E-state index is 0.0434. The second kappa shape index (κ2) is 6.00. The predicted octanol–water partition coefficient (Wildman–Crippen LogP) is 1.84. The normalized spacial score (nSPS) is 11.6. The Bertz CT molecular complexity index is 559. The summed E-state index contributed by atoms with van der Waals surface area (Å²) in [6.45, 7) is 4.84. The van der Waals surface area contributed by atoms with Crippen molar-refractivity contribution in [2.75, 3.05) is 7.11 Å². The maximum Gasteiger partial charge on any atom is 0.424 e. The van der Waals surface area contributed by atoms with Gasteiger partial charge in [0.25, 0.3) is 0 Å². The van der Waals surface area contributed by atoms with Crippen molar-refractivity contribution in [2.24, 2.45) is 0 Å². The Kier molecular flexibility index (Phi) is 4.83. The molecule has 7 nitrogen and oxygen atoms in total. The quantitative estimate of drug-likeness (QED) is 0.912. The monoisotopic (exact) mass is 303 g/mol. The standard InChI is InChI=1S/C12H17NO6S/c1-12(2,3)18-11(14)13-20(15,16)19-10-7-5-9(17-4)6-8-10/h5-8H,1-4H3,(H,13,14). The van der Waals surface area contributed by atoms with Gasteiger partial charge in [0, 0.05) is 0 Å². The zero-order valence-corrected chi connectivity index (χ0v) is 12.5. The van der Waals surface area contributed by atoms with Crippen molar-refractivity contribution in [2.45, 2.75) is 26.4 Å². The maximum atomic E-state index is 11.6. The van der Waals surface area contributed by atoms with E-state index in [1.807, 2.05) is 0 Å². The molecule has 1 aromatic rings. The van der Waals surface area contributed by atoms with Gasteiger partial charge in [-0.05, 0) is 45.0 Å². The molecule has 112 valence electrons. The third kappa shape index (κ3) is 5.79. The average molecular weight is 303 g/mol. The molecule has 0 saturated heterocycles. The fraction of sp³-hybridized carbons (Fsp3) is 0.417. The Hall–Kier alpha value is -1.96. The first-order valence-corrected chi connectivity index (χ1v) is 7.11. The van der Waals surface area contributed by atoms with Crippen LogP contribution in [-0.4, -0.2) is 27.2 Å². The molecule has 0 unspecified atom stereocenters. The highest BCUT2D eigenvalue weighted by Crippen LogP contribution is 2.18. The molecule has 1 aromatic carbocycles. The minimum atomic E-state index is -4.29. The number of ether oxygens (including phenoxy) is 2. The van der Waals surface area contributed by atoms with Crippen molar-refractivity contribution in [1.29, 1.82) is 0 Å². The molecule has 0 aliphatic rings. The molecule has 0 fully saturated rings. The fourth-order valence-electron chi connectivity index (χ4n) is 1.18. The van der Waals surface area contributed by atoms with Crippen molar-refractivity contribution in [1.82, 2.24) is 4.72 Å². The topological polar surface area (TPSA) is 90.9 Å². The van der Waals surface area contributed by atoms with E-state index in [0.29, 0.717) is 5.75 Å². The molecule has 0 radical (unpaired) electrons. The van der Waals surface area contributed by atoms with Crippen LogP contribution in [0.5, 0.6) is 11.5 Å². The Morgan fingerprint density at radius 1 is 1.10 bits per heavy atom. The van der Waals surface area contributed by atoms with Crippen molar-refractivity contribution in [3.63, 3.8) is 0 Å². The van der Waals surface area contributed by atoms with E-state index in [0.717, 1.165) is 0 Å². The van der Waals surface area contributed by atoms with Crippen LogP contribution < -0.4 is 13.6 Å². The van der Waals surface area contributed by atoms with Crippen molar-refractivity contribution in [3.05, 3.63) is 24.3 Å². The van der Waals surface area contributed by atoms with Crippen LogP contribution in [0, 0.1) is 0 Å². The first kappa shape index (κ1) is 16.1. The van der Waals surface area contributed by atoms with E-state index in [-0.39, 0.29) is 5.75 Å². The molecule has 0 heterocycles. The molecule has 1 amide bonds. The van der Waals surface area contributed by atoms with Gasteiger partial charge in [-0.3, -0.25) is 0 Å². The first-order chi connectivity index (χ1) is 9.11. The number of carbonyl (C=O) groups is 1. The number of carbonyl (C=O) groups excluding carboxylic acids is 1. The van der Waals surface area contributed by atoms with Gasteiger partial charge >= 0.3 is 16.4 Å². The van der Waals surface area contributed by atoms with E-state index in [1.165, 1.54) is 31.4 Å². The summed E-state index contributed by atoms with van der Waals surface area (Å²) in [6.07, 6.45) is -1.11. The van der Waals surface area contributed by atoms with Crippen molar-refractivity contribution < 1.29 is 26.9 Å². The summed E-state index contributed by atoms with van der Waals surface area (Å²) in [6, 6.07) is 5.84. The largest absolute Gasteiger partial charge is 0.497 e. The van der Waals surface area contributed by atoms with Gasteiger partial charge in [0.15, 0.2) is 0 Å². The van der Waals surface area contributed by atoms with Gasteiger partial charge < -0.3 is 13.7 Å². The number of methoxy groups -OCH3 is 1. The molecule has 8 heteroatoms. The fourth-order valence-corrected chi connectivity index (χ4v) is 1.83. The molecular formula is C12H17NO6S. The molecule has 20 heavy (non-hydrogen) atoms. The van der Waals surface area contributed by atoms with Gasteiger partial charge in [-0.15, -0.1) is 0 Å². The summed E-state index contributed by atoms with van der Waals surface area (Å²) >= 11 is 0. The highest BCUT2D eigenvalue weighted by atomic mass is 32.2. The summed E-state index contributed by atoms with van der Waals surface area (Å²) in [5, 5.41) is 0. The van der Waals surface area contributed by atoms with Crippen LogP contribution in [0.4, 0.5) is 4.79 Å². The smallest absolute Gasteiger partial charge is 0.424 e. The highest BCUT2D eigenvalue weighted by Gasteiger charge is 2.22. The zero-order chi connectivity index (χ0) is 15.4. The SMILES string of the molecule is COc1ccc(OS(=O)(=O)NC(=O)OC(C)(C)C)cc1. The number of nitrogens with one attached hydrogen (secondary N) is 1. The second-order valence-electron chi connectivity index (χ2n) is 4.82. The van der Waals surface area contributed by atoms with E-state index in [2.05, 4.69) is 0 Å². The van der Waals surface area contributed by atoms with Gasteiger partial charge in [0.2, 0.25) is 0 Å². The van der Waals surface area contributed by atoms with E-state index in [1.54, 1.807) is 25.5 Å². The number of hydrogen-bond donors (Lipinski definition) is 1. The lowest BCUT2D eigenvalue weighted by Gasteiger charge is -2.19. The third-order valence-electron chi connectivity index (χ3n) is 1.87. The lowest BCUT2D eigenvalue weighted by atomic mass is 10.2. The highest BCUT2D eigenvalue weighted by molar-refractivity contribution is 7.85. The van der Waals surface area contributed by atoms with Gasteiger partial charge in [-0.25, -0.2) is 4.79 Å². The summed E-state index contributed by atoms with van der Waals surface area (Å²) in [4.78, 5) is 11.4. The van der Waals surface area contributed by atoms with Crippen LogP contribution >= 0.6 is 0 Å².